The summed E-state index contributed by atoms with van der Waals surface area (Å²) in [4.78, 5) is 14.4. The van der Waals surface area contributed by atoms with Crippen molar-refractivity contribution in [3.8, 4) is 6.07 Å². The number of hydrogen-bond acceptors (Lipinski definition) is 4. The van der Waals surface area contributed by atoms with Crippen molar-refractivity contribution in [3.63, 3.8) is 0 Å². The van der Waals surface area contributed by atoms with Crippen LogP contribution in [0.15, 0.2) is 0 Å². The topological polar surface area (TPSA) is 65.4 Å². The predicted octanol–water partition coefficient (Wildman–Crippen LogP) is 1.93. The molecule has 1 unspecified atom stereocenters. The van der Waals surface area contributed by atoms with Gasteiger partial charge in [0.05, 0.1) is 18.7 Å². The van der Waals surface area contributed by atoms with E-state index in [1.807, 2.05) is 7.11 Å². The van der Waals surface area contributed by atoms with Crippen LogP contribution in [0.3, 0.4) is 0 Å². The van der Waals surface area contributed by atoms with Crippen LogP contribution in [-0.2, 0) is 9.53 Å². The summed E-state index contributed by atoms with van der Waals surface area (Å²) >= 11 is 0. The molecule has 3 saturated carbocycles. The Morgan fingerprint density at radius 2 is 2.12 bits per heavy atom. The molecule has 1 saturated heterocycles. The Morgan fingerprint density at radius 3 is 2.79 bits per heavy atom. The molecule has 6 atom stereocenters. The molecule has 4 aliphatic rings. The number of rotatable bonds is 4. The summed E-state index contributed by atoms with van der Waals surface area (Å²) in [6.07, 6.45) is 7.45. The zero-order chi connectivity index (χ0) is 16.9. The molecule has 0 aromatic heterocycles. The highest BCUT2D eigenvalue weighted by Gasteiger charge is 2.63. The number of carbonyl (C=O) groups excluding carboxylic acids is 1. The minimum atomic E-state index is -0.227. The van der Waals surface area contributed by atoms with Crippen LogP contribution >= 0.6 is 0 Å². The fourth-order valence-corrected chi connectivity index (χ4v) is 5.93. The van der Waals surface area contributed by atoms with Gasteiger partial charge in [0, 0.05) is 19.7 Å². The van der Waals surface area contributed by atoms with E-state index in [0.29, 0.717) is 30.0 Å². The van der Waals surface area contributed by atoms with Crippen LogP contribution in [0, 0.1) is 34.5 Å². The van der Waals surface area contributed by atoms with Crippen LogP contribution < -0.4 is 5.32 Å². The van der Waals surface area contributed by atoms with Crippen molar-refractivity contribution in [2.24, 2.45) is 23.2 Å². The molecule has 0 radical (unpaired) electrons. The van der Waals surface area contributed by atoms with Crippen molar-refractivity contribution in [1.29, 1.82) is 5.26 Å². The maximum absolute atomic E-state index is 12.6. The number of ether oxygens (including phenoxy) is 1. The molecule has 24 heavy (non-hydrogen) atoms. The average Bonchev–Trinajstić information content (AvgIpc) is 3.00. The van der Waals surface area contributed by atoms with Gasteiger partial charge in [-0.25, -0.2) is 0 Å². The summed E-state index contributed by atoms with van der Waals surface area (Å²) in [5, 5.41) is 12.8. The zero-order valence-electron chi connectivity index (χ0n) is 14.8. The molecule has 1 aliphatic heterocycles. The minimum Gasteiger partial charge on any atom is -0.381 e. The number of nitriles is 1. The van der Waals surface area contributed by atoms with Gasteiger partial charge < -0.3 is 15.0 Å². The van der Waals surface area contributed by atoms with E-state index in [1.165, 1.54) is 32.1 Å². The summed E-state index contributed by atoms with van der Waals surface area (Å²) in [6, 6.07) is 2.54. The third-order valence-electron chi connectivity index (χ3n) is 7.26. The molecular formula is C19H29N3O2. The van der Waals surface area contributed by atoms with Crippen LogP contribution in [0.4, 0.5) is 0 Å². The van der Waals surface area contributed by atoms with Gasteiger partial charge in [0.2, 0.25) is 5.91 Å². The lowest BCUT2D eigenvalue weighted by atomic mass is 9.87. The lowest BCUT2D eigenvalue weighted by Crippen LogP contribution is -2.45. The Labute approximate surface area is 144 Å². The minimum absolute atomic E-state index is 0.105. The van der Waals surface area contributed by atoms with Crippen LogP contribution in [0.2, 0.25) is 0 Å². The van der Waals surface area contributed by atoms with E-state index in [0.717, 1.165) is 24.8 Å². The molecule has 0 aromatic rings. The van der Waals surface area contributed by atoms with Crippen LogP contribution in [0.25, 0.3) is 0 Å². The summed E-state index contributed by atoms with van der Waals surface area (Å²) in [5.74, 6) is 2.09. The first kappa shape index (κ1) is 16.4. The number of amides is 1. The monoisotopic (exact) mass is 331 g/mol. The second kappa shape index (κ2) is 6.00. The van der Waals surface area contributed by atoms with E-state index < -0.39 is 0 Å². The van der Waals surface area contributed by atoms with Crippen molar-refractivity contribution in [2.45, 2.75) is 63.6 Å². The molecule has 1 heterocycles. The second-order valence-corrected chi connectivity index (χ2v) is 8.63. The van der Waals surface area contributed by atoms with Gasteiger partial charge >= 0.3 is 0 Å². The quantitative estimate of drug-likeness (QED) is 0.855. The summed E-state index contributed by atoms with van der Waals surface area (Å²) < 4.78 is 5.59. The maximum atomic E-state index is 12.6. The smallest absolute Gasteiger partial charge is 0.237 e. The van der Waals surface area contributed by atoms with E-state index in [-0.39, 0.29) is 11.9 Å². The average molecular weight is 331 g/mol. The SMILES string of the molecule is CO[C@@H]1C[C@@H]2CC(NCC(=O)N3C[C@@H](C)C[C@H]3C#N)C3(CC3)[C@@H]2C1. The number of likely N-dealkylation sites (tertiary alicyclic amines) is 1. The maximum Gasteiger partial charge on any atom is 0.237 e. The molecule has 0 aromatic carbocycles. The lowest BCUT2D eigenvalue weighted by Gasteiger charge is -2.27. The number of carbonyl (C=O) groups is 1. The van der Waals surface area contributed by atoms with Crippen LogP contribution in [0.5, 0.6) is 0 Å². The Bertz CT molecular complexity index is 553. The number of nitrogens with one attached hydrogen (secondary N) is 1. The highest BCUT2D eigenvalue weighted by molar-refractivity contribution is 5.79. The normalized spacial score (nSPS) is 42.3. The Balaban J connectivity index is 1.34. The second-order valence-electron chi connectivity index (χ2n) is 8.63. The predicted molar refractivity (Wildman–Crippen MR) is 90.0 cm³/mol. The molecule has 0 bridgehead atoms. The number of methoxy groups -OCH3 is 1. The molecule has 3 aliphatic carbocycles. The molecule has 5 nitrogen and oxygen atoms in total. The standard InChI is InChI=1S/C19H29N3O2/c1-12-5-14(9-20)22(11-12)18(23)10-21-17-7-13-6-15(24-2)8-16(13)19(17)3-4-19/h12-17,21H,3-8,10-11H2,1-2H3/t12-,13+,14-,15+,16+,17?/m0/s1. The van der Waals surface area contributed by atoms with Crippen molar-refractivity contribution in [2.75, 3.05) is 20.2 Å². The summed E-state index contributed by atoms with van der Waals surface area (Å²) in [7, 11) is 1.84. The van der Waals surface area contributed by atoms with Gasteiger partial charge in [0.1, 0.15) is 6.04 Å². The van der Waals surface area contributed by atoms with E-state index in [4.69, 9.17) is 4.74 Å². The zero-order valence-corrected chi connectivity index (χ0v) is 14.8. The van der Waals surface area contributed by atoms with Gasteiger partial charge in [-0.2, -0.15) is 5.26 Å². The largest absolute Gasteiger partial charge is 0.381 e. The molecular weight excluding hydrogens is 302 g/mol. The van der Waals surface area contributed by atoms with Gasteiger partial charge in [0.25, 0.3) is 0 Å². The Kier molecular flexibility index (Phi) is 4.09. The van der Waals surface area contributed by atoms with Gasteiger partial charge in [0.15, 0.2) is 0 Å². The molecule has 1 amide bonds. The molecule has 1 spiro atoms. The van der Waals surface area contributed by atoms with Crippen molar-refractivity contribution in [3.05, 3.63) is 0 Å². The highest BCUT2D eigenvalue weighted by atomic mass is 16.5. The van der Waals surface area contributed by atoms with Gasteiger partial charge in [-0.05, 0) is 61.7 Å². The van der Waals surface area contributed by atoms with Gasteiger partial charge in [-0.15, -0.1) is 0 Å². The van der Waals surface area contributed by atoms with Crippen molar-refractivity contribution in [1.82, 2.24) is 10.2 Å². The Morgan fingerprint density at radius 1 is 1.33 bits per heavy atom. The summed E-state index contributed by atoms with van der Waals surface area (Å²) in [5.41, 5.74) is 0.436. The molecule has 4 fully saturated rings. The fraction of sp³-hybridized carbons (Fsp3) is 0.895. The first-order valence-electron chi connectivity index (χ1n) is 9.52. The number of fused-ring (bicyclic) bond motifs is 2. The van der Waals surface area contributed by atoms with Gasteiger partial charge in [-0.3, -0.25) is 4.79 Å². The first-order valence-corrected chi connectivity index (χ1v) is 9.52. The fourth-order valence-electron chi connectivity index (χ4n) is 5.93. The van der Waals surface area contributed by atoms with Crippen molar-refractivity contribution >= 4 is 5.91 Å². The molecule has 4 rings (SSSR count). The molecule has 132 valence electrons. The molecule has 5 heteroatoms. The molecule has 1 N–H and O–H groups in total. The third kappa shape index (κ3) is 2.55. The number of hydrogen-bond donors (Lipinski definition) is 1. The van der Waals surface area contributed by atoms with E-state index in [9.17, 15) is 10.1 Å². The lowest BCUT2D eigenvalue weighted by molar-refractivity contribution is -0.130. The van der Waals surface area contributed by atoms with E-state index in [2.05, 4.69) is 18.3 Å². The highest BCUT2D eigenvalue weighted by Crippen LogP contribution is 2.67. The first-order chi connectivity index (χ1) is 11.6. The van der Waals surface area contributed by atoms with Crippen LogP contribution in [-0.4, -0.2) is 49.2 Å². The number of nitrogens with zero attached hydrogens (tertiary/aromatic N) is 2. The Hall–Kier alpha value is -1.12. The van der Waals surface area contributed by atoms with E-state index in [1.54, 1.807) is 4.90 Å². The van der Waals surface area contributed by atoms with E-state index >= 15 is 0 Å². The van der Waals surface area contributed by atoms with Gasteiger partial charge in [-0.1, -0.05) is 6.92 Å². The summed E-state index contributed by atoms with van der Waals surface area (Å²) in [6.45, 7) is 3.24. The van der Waals surface area contributed by atoms with Crippen molar-refractivity contribution < 1.29 is 9.53 Å². The van der Waals surface area contributed by atoms with Crippen LogP contribution in [0.1, 0.15) is 45.4 Å². The third-order valence-corrected chi connectivity index (χ3v) is 7.26.